The van der Waals surface area contributed by atoms with Gasteiger partial charge in [-0.2, -0.15) is 0 Å². The molecule has 4 unspecified atom stereocenters. The van der Waals surface area contributed by atoms with Crippen molar-refractivity contribution in [2.45, 2.75) is 57.5 Å². The summed E-state index contributed by atoms with van der Waals surface area (Å²) in [6.45, 7) is 6.49. The van der Waals surface area contributed by atoms with Crippen molar-refractivity contribution in [2.75, 3.05) is 13.2 Å². The van der Waals surface area contributed by atoms with Crippen LogP contribution in [0.4, 0.5) is 13.2 Å². The zero-order chi connectivity index (χ0) is 24.1. The molecule has 0 saturated heterocycles. The first-order valence-corrected chi connectivity index (χ1v) is 12.1. The molecular formula is C29H31F3O2. The molecule has 2 saturated carbocycles. The van der Waals surface area contributed by atoms with Gasteiger partial charge >= 0.3 is 0 Å². The average Bonchev–Trinajstić information content (AvgIpc) is 2.82. The molecule has 0 radical (unpaired) electrons. The second-order valence-electron chi connectivity index (χ2n) is 9.27. The van der Waals surface area contributed by atoms with Gasteiger partial charge < -0.3 is 9.47 Å². The molecule has 4 rings (SSSR count). The number of ether oxygens (including phenoxy) is 2. The molecule has 5 heteroatoms. The van der Waals surface area contributed by atoms with Crippen molar-refractivity contribution >= 4 is 0 Å². The third kappa shape index (κ3) is 5.67. The Bertz CT molecular complexity index is 1060. The van der Waals surface area contributed by atoms with Gasteiger partial charge in [0.2, 0.25) is 0 Å². The highest BCUT2D eigenvalue weighted by Crippen LogP contribution is 2.47. The van der Waals surface area contributed by atoms with Gasteiger partial charge in [0, 0.05) is 12.2 Å². The lowest BCUT2D eigenvalue weighted by Gasteiger charge is -2.42. The summed E-state index contributed by atoms with van der Waals surface area (Å²) in [5, 5.41) is 0. The highest BCUT2D eigenvalue weighted by molar-refractivity contribution is 5.47. The maximum atomic E-state index is 14.9. The molecule has 0 N–H and O–H groups in total. The summed E-state index contributed by atoms with van der Waals surface area (Å²) in [4.78, 5) is 0. The fraction of sp³-hybridized carbons (Fsp3) is 0.448. The fourth-order valence-corrected chi connectivity index (χ4v) is 5.46. The summed E-state index contributed by atoms with van der Waals surface area (Å²) >= 11 is 0. The number of hydrogen-bond acceptors (Lipinski definition) is 2. The number of fused-ring (bicyclic) bond motifs is 1. The first kappa shape index (κ1) is 24.4. The maximum absolute atomic E-state index is 14.9. The Balaban J connectivity index is 1.45. The van der Waals surface area contributed by atoms with Crippen LogP contribution >= 0.6 is 0 Å². The molecule has 0 aromatic heterocycles. The van der Waals surface area contributed by atoms with Crippen LogP contribution in [0.5, 0.6) is 5.75 Å². The van der Waals surface area contributed by atoms with Crippen LogP contribution in [0.3, 0.4) is 0 Å². The van der Waals surface area contributed by atoms with E-state index < -0.39 is 17.5 Å². The molecule has 2 aromatic rings. The van der Waals surface area contributed by atoms with Crippen molar-refractivity contribution < 1.29 is 22.6 Å². The minimum Gasteiger partial charge on any atom is -0.486 e. The number of hydrogen-bond donors (Lipinski definition) is 0. The van der Waals surface area contributed by atoms with E-state index in [-0.39, 0.29) is 23.8 Å². The van der Waals surface area contributed by atoms with Crippen LogP contribution in [0, 0.1) is 41.1 Å². The van der Waals surface area contributed by atoms with E-state index in [1.54, 1.807) is 6.07 Å². The molecule has 0 heterocycles. The lowest BCUT2D eigenvalue weighted by Crippen LogP contribution is -2.33. The Morgan fingerprint density at radius 1 is 0.941 bits per heavy atom. The van der Waals surface area contributed by atoms with Gasteiger partial charge in [-0.05, 0) is 99.1 Å². The molecule has 2 fully saturated rings. The highest BCUT2D eigenvalue weighted by Gasteiger charge is 2.36. The molecule has 2 aromatic carbocycles. The molecule has 0 spiro atoms. The summed E-state index contributed by atoms with van der Waals surface area (Å²) in [7, 11) is 0. The van der Waals surface area contributed by atoms with E-state index in [0.29, 0.717) is 29.1 Å². The standard InChI is InChI=1S/C29H31F3O2/c1-3-13-34-29-12-6-19(14-28(29)32)5-11-25-26(30)17-23(18-27(25)31)21-7-8-22-16-24(33-4-2)10-9-20(22)15-21/h3,6,12,14,17-18,20-22,24H,1,4,7-10,13,15-16H2,2H3. The predicted molar refractivity (Wildman–Crippen MR) is 127 cm³/mol. The second kappa shape index (κ2) is 11.1. The smallest absolute Gasteiger partial charge is 0.166 e. The first-order valence-electron chi connectivity index (χ1n) is 12.1. The molecule has 4 atom stereocenters. The lowest BCUT2D eigenvalue weighted by atomic mass is 9.65. The van der Waals surface area contributed by atoms with Crippen molar-refractivity contribution in [1.82, 2.24) is 0 Å². The average molecular weight is 469 g/mol. The predicted octanol–water partition coefficient (Wildman–Crippen LogP) is 7.16. The van der Waals surface area contributed by atoms with Crippen molar-refractivity contribution in [3.63, 3.8) is 0 Å². The summed E-state index contributed by atoms with van der Waals surface area (Å²) in [6, 6.07) is 7.04. The number of rotatable bonds is 6. The SMILES string of the molecule is C=CCOc1ccc(C#Cc2c(F)cc(C3CCC4CC(OCC)CCC4C3)cc2F)cc1F. The summed E-state index contributed by atoms with van der Waals surface area (Å²) in [5.74, 6) is 4.75. The molecule has 0 aliphatic heterocycles. The van der Waals surface area contributed by atoms with E-state index in [2.05, 4.69) is 18.4 Å². The minimum atomic E-state index is -0.670. The van der Waals surface area contributed by atoms with Gasteiger partial charge in [-0.15, -0.1) is 0 Å². The summed E-state index contributed by atoms with van der Waals surface area (Å²) in [6.07, 6.45) is 8.14. The summed E-state index contributed by atoms with van der Waals surface area (Å²) < 4.78 is 54.9. The van der Waals surface area contributed by atoms with Crippen LogP contribution in [-0.2, 0) is 4.74 Å². The Labute approximate surface area is 200 Å². The van der Waals surface area contributed by atoms with Gasteiger partial charge in [-0.1, -0.05) is 24.5 Å². The summed E-state index contributed by atoms with van der Waals surface area (Å²) in [5.41, 5.74) is 0.732. The van der Waals surface area contributed by atoms with E-state index in [1.165, 1.54) is 30.3 Å². The quantitative estimate of drug-likeness (QED) is 0.331. The molecule has 180 valence electrons. The largest absolute Gasteiger partial charge is 0.486 e. The van der Waals surface area contributed by atoms with Crippen LogP contribution < -0.4 is 4.74 Å². The van der Waals surface area contributed by atoms with Gasteiger partial charge in [-0.25, -0.2) is 13.2 Å². The number of halogens is 3. The normalized spacial score (nSPS) is 24.0. The zero-order valence-corrected chi connectivity index (χ0v) is 19.6. The Kier molecular flexibility index (Phi) is 8.00. The first-order chi connectivity index (χ1) is 16.5. The Morgan fingerprint density at radius 2 is 1.68 bits per heavy atom. The van der Waals surface area contributed by atoms with Crippen molar-refractivity contribution in [3.8, 4) is 17.6 Å². The van der Waals surface area contributed by atoms with Gasteiger partial charge in [0.1, 0.15) is 18.2 Å². The maximum Gasteiger partial charge on any atom is 0.166 e. The highest BCUT2D eigenvalue weighted by atomic mass is 19.1. The third-order valence-corrected chi connectivity index (χ3v) is 7.12. The molecule has 2 aliphatic rings. The zero-order valence-electron chi connectivity index (χ0n) is 19.6. The minimum absolute atomic E-state index is 0.0771. The van der Waals surface area contributed by atoms with Crippen LogP contribution in [0.2, 0.25) is 0 Å². The molecular weight excluding hydrogens is 437 g/mol. The molecule has 34 heavy (non-hydrogen) atoms. The van der Waals surface area contributed by atoms with E-state index in [0.717, 1.165) is 45.1 Å². The topological polar surface area (TPSA) is 18.5 Å². The molecule has 2 aliphatic carbocycles. The van der Waals surface area contributed by atoms with Gasteiger partial charge in [0.15, 0.2) is 11.6 Å². The fourth-order valence-electron chi connectivity index (χ4n) is 5.46. The van der Waals surface area contributed by atoms with Gasteiger partial charge in [-0.3, -0.25) is 0 Å². The molecule has 2 nitrogen and oxygen atoms in total. The van der Waals surface area contributed by atoms with Crippen LogP contribution in [0.15, 0.2) is 43.0 Å². The van der Waals surface area contributed by atoms with Crippen LogP contribution in [0.25, 0.3) is 0 Å². The van der Waals surface area contributed by atoms with E-state index in [1.807, 2.05) is 6.92 Å². The Hall–Kier alpha value is -2.71. The van der Waals surface area contributed by atoms with Crippen molar-refractivity contribution in [2.24, 2.45) is 11.8 Å². The second-order valence-corrected chi connectivity index (χ2v) is 9.27. The van der Waals surface area contributed by atoms with Gasteiger partial charge in [0.05, 0.1) is 11.7 Å². The monoisotopic (exact) mass is 468 g/mol. The van der Waals surface area contributed by atoms with Gasteiger partial charge in [0.25, 0.3) is 0 Å². The third-order valence-electron chi connectivity index (χ3n) is 7.12. The van der Waals surface area contributed by atoms with Crippen LogP contribution in [0.1, 0.15) is 68.1 Å². The van der Waals surface area contributed by atoms with E-state index in [4.69, 9.17) is 9.47 Å². The molecule has 0 amide bonds. The Morgan fingerprint density at radius 3 is 2.38 bits per heavy atom. The van der Waals surface area contributed by atoms with Crippen LogP contribution in [-0.4, -0.2) is 19.3 Å². The molecule has 0 bridgehead atoms. The lowest BCUT2D eigenvalue weighted by molar-refractivity contribution is -0.00957. The number of benzene rings is 2. The van der Waals surface area contributed by atoms with Crippen molar-refractivity contribution in [3.05, 3.63) is 77.1 Å². The van der Waals surface area contributed by atoms with E-state index >= 15 is 0 Å². The van der Waals surface area contributed by atoms with E-state index in [9.17, 15) is 13.2 Å². The van der Waals surface area contributed by atoms with Crippen molar-refractivity contribution in [1.29, 1.82) is 0 Å².